The van der Waals surface area contributed by atoms with Gasteiger partial charge in [-0.2, -0.15) is 0 Å². The van der Waals surface area contributed by atoms with Crippen molar-refractivity contribution in [1.29, 1.82) is 0 Å². The average molecular weight is 220 g/mol. The van der Waals surface area contributed by atoms with Crippen LogP contribution in [-0.4, -0.2) is 0 Å². The minimum Gasteiger partial charge on any atom is -0.466 e. The van der Waals surface area contributed by atoms with Crippen molar-refractivity contribution in [3.05, 3.63) is 22.6 Å². The van der Waals surface area contributed by atoms with Crippen LogP contribution in [0.3, 0.4) is 0 Å². The van der Waals surface area contributed by atoms with Crippen LogP contribution in [0.2, 0.25) is 0 Å². The molecule has 0 amide bonds. The number of rotatable bonds is 4. The van der Waals surface area contributed by atoms with E-state index in [1.165, 1.54) is 11.1 Å². The highest BCUT2D eigenvalue weighted by molar-refractivity contribution is 5.34. The maximum Gasteiger partial charge on any atom is 0.106 e. The van der Waals surface area contributed by atoms with Gasteiger partial charge < -0.3 is 4.42 Å². The minimum atomic E-state index is 0.123. The number of hydrogen-bond donors (Lipinski definition) is 2. The molecule has 3 nitrogen and oxygen atoms in total. The van der Waals surface area contributed by atoms with Gasteiger partial charge >= 0.3 is 0 Å². The van der Waals surface area contributed by atoms with Gasteiger partial charge in [-0.05, 0) is 39.7 Å². The van der Waals surface area contributed by atoms with Crippen LogP contribution in [0, 0.1) is 32.6 Å². The molecule has 0 spiro atoms. The fourth-order valence-electron chi connectivity index (χ4n) is 1.97. The van der Waals surface area contributed by atoms with E-state index in [-0.39, 0.29) is 6.04 Å². The van der Waals surface area contributed by atoms with Crippen LogP contribution in [0.25, 0.3) is 0 Å². The minimum absolute atomic E-state index is 0.123. The van der Waals surface area contributed by atoms with Gasteiger partial charge in [0, 0.05) is 12.0 Å². The second-order valence-corrected chi connectivity index (χ2v) is 3.94. The third kappa shape index (κ3) is 2.66. The van der Waals surface area contributed by atoms with Crippen molar-refractivity contribution in [2.24, 2.45) is 5.84 Å². The Morgan fingerprint density at radius 2 is 2.00 bits per heavy atom. The lowest BCUT2D eigenvalue weighted by atomic mass is 9.99. The molecule has 0 bridgehead atoms. The molecule has 1 aromatic rings. The molecule has 0 aliphatic heterocycles. The summed E-state index contributed by atoms with van der Waals surface area (Å²) < 4.78 is 5.60. The van der Waals surface area contributed by atoms with Gasteiger partial charge in [0.05, 0.1) is 6.04 Å². The number of hydrogen-bond acceptors (Lipinski definition) is 3. The van der Waals surface area contributed by atoms with E-state index < -0.39 is 0 Å². The second-order valence-electron chi connectivity index (χ2n) is 3.94. The fourth-order valence-corrected chi connectivity index (χ4v) is 1.97. The number of hydrazine groups is 1. The van der Waals surface area contributed by atoms with Gasteiger partial charge in [0.2, 0.25) is 0 Å². The maximum absolute atomic E-state index is 5.60. The Hall–Kier alpha value is -1.24. The Morgan fingerprint density at radius 3 is 2.44 bits per heavy atom. The van der Waals surface area contributed by atoms with Gasteiger partial charge in [0.25, 0.3) is 0 Å². The summed E-state index contributed by atoms with van der Waals surface area (Å²) in [6, 6.07) is 0.123. The molecular weight excluding hydrogens is 200 g/mol. The summed E-state index contributed by atoms with van der Waals surface area (Å²) in [5, 5.41) is 0. The van der Waals surface area contributed by atoms with E-state index in [0.29, 0.717) is 0 Å². The van der Waals surface area contributed by atoms with Gasteiger partial charge in [-0.3, -0.25) is 11.3 Å². The molecular formula is C13H20N2O. The second kappa shape index (κ2) is 5.74. The summed E-state index contributed by atoms with van der Waals surface area (Å²) in [5.41, 5.74) is 5.21. The molecule has 0 radical (unpaired) electrons. The Labute approximate surface area is 97.4 Å². The number of nitrogens with one attached hydrogen (secondary N) is 1. The number of aryl methyl sites for hydroxylation is 2. The number of nitrogens with two attached hydrogens (primary N) is 1. The molecule has 0 aliphatic rings. The first-order valence-corrected chi connectivity index (χ1v) is 5.54. The molecule has 88 valence electrons. The molecule has 0 fully saturated rings. The summed E-state index contributed by atoms with van der Waals surface area (Å²) in [5.74, 6) is 13.5. The Bertz CT molecular complexity index is 410. The van der Waals surface area contributed by atoms with Crippen molar-refractivity contribution >= 4 is 0 Å². The third-order valence-corrected chi connectivity index (χ3v) is 2.90. The Balaban J connectivity index is 2.88. The van der Waals surface area contributed by atoms with Crippen LogP contribution in [0.1, 0.15) is 48.5 Å². The standard InChI is InChI=1S/C13H20N2O/c1-5-6-7-8-12(15-14)13-9(2)10(3)16-11(13)4/h12,15H,7-8,14H2,1-4H3. The Morgan fingerprint density at radius 1 is 1.31 bits per heavy atom. The van der Waals surface area contributed by atoms with Crippen molar-refractivity contribution in [2.75, 3.05) is 0 Å². The smallest absolute Gasteiger partial charge is 0.106 e. The van der Waals surface area contributed by atoms with Gasteiger partial charge in [-0.25, -0.2) is 0 Å². The summed E-state index contributed by atoms with van der Waals surface area (Å²) in [6.45, 7) is 7.87. The molecule has 1 unspecified atom stereocenters. The zero-order valence-electron chi connectivity index (χ0n) is 10.5. The zero-order valence-corrected chi connectivity index (χ0v) is 10.5. The quantitative estimate of drug-likeness (QED) is 0.465. The highest BCUT2D eigenvalue weighted by Crippen LogP contribution is 2.29. The van der Waals surface area contributed by atoms with Gasteiger partial charge in [-0.1, -0.05) is 0 Å². The van der Waals surface area contributed by atoms with Crippen molar-refractivity contribution in [3.8, 4) is 11.8 Å². The molecule has 3 heteroatoms. The van der Waals surface area contributed by atoms with E-state index in [1.807, 2.05) is 20.8 Å². The third-order valence-electron chi connectivity index (χ3n) is 2.90. The van der Waals surface area contributed by atoms with Gasteiger partial charge in [0.15, 0.2) is 0 Å². The van der Waals surface area contributed by atoms with Crippen LogP contribution >= 0.6 is 0 Å². The predicted molar refractivity (Wildman–Crippen MR) is 65.7 cm³/mol. The van der Waals surface area contributed by atoms with E-state index in [0.717, 1.165) is 24.4 Å². The lowest BCUT2D eigenvalue weighted by Gasteiger charge is -2.15. The van der Waals surface area contributed by atoms with Crippen LogP contribution < -0.4 is 11.3 Å². The van der Waals surface area contributed by atoms with E-state index in [4.69, 9.17) is 10.3 Å². The first-order valence-electron chi connectivity index (χ1n) is 5.54. The molecule has 0 aliphatic carbocycles. The maximum atomic E-state index is 5.60. The van der Waals surface area contributed by atoms with Crippen molar-refractivity contribution in [3.63, 3.8) is 0 Å². The molecule has 1 aromatic heterocycles. The summed E-state index contributed by atoms with van der Waals surface area (Å²) in [4.78, 5) is 0. The molecule has 3 N–H and O–H groups in total. The Kier molecular flexibility index (Phi) is 4.60. The lowest BCUT2D eigenvalue weighted by Crippen LogP contribution is -2.28. The SMILES string of the molecule is CC#CCCC(NN)c1c(C)oc(C)c1C. The number of furan rings is 1. The summed E-state index contributed by atoms with van der Waals surface area (Å²) >= 11 is 0. The molecule has 0 saturated carbocycles. The first kappa shape index (κ1) is 12.8. The fraction of sp³-hybridized carbons (Fsp3) is 0.538. The molecule has 1 heterocycles. The van der Waals surface area contributed by atoms with E-state index in [2.05, 4.69) is 24.2 Å². The van der Waals surface area contributed by atoms with E-state index in [1.54, 1.807) is 0 Å². The summed E-state index contributed by atoms with van der Waals surface area (Å²) in [7, 11) is 0. The van der Waals surface area contributed by atoms with Crippen molar-refractivity contribution in [2.45, 2.75) is 46.6 Å². The zero-order chi connectivity index (χ0) is 12.1. The average Bonchev–Trinajstić information content (AvgIpc) is 2.50. The molecule has 1 rings (SSSR count). The first-order chi connectivity index (χ1) is 7.61. The monoisotopic (exact) mass is 220 g/mol. The normalized spacial score (nSPS) is 12.1. The van der Waals surface area contributed by atoms with E-state index >= 15 is 0 Å². The predicted octanol–water partition coefficient (Wildman–Crippen LogP) is 2.51. The molecule has 1 atom stereocenters. The van der Waals surface area contributed by atoms with Gasteiger partial charge in [-0.15, -0.1) is 11.8 Å². The summed E-state index contributed by atoms with van der Waals surface area (Å²) in [6.07, 6.45) is 1.74. The molecule has 0 aromatic carbocycles. The van der Waals surface area contributed by atoms with Crippen molar-refractivity contribution < 1.29 is 4.42 Å². The van der Waals surface area contributed by atoms with Crippen LogP contribution in [-0.2, 0) is 0 Å². The highest BCUT2D eigenvalue weighted by atomic mass is 16.3. The van der Waals surface area contributed by atoms with Crippen LogP contribution in [0.4, 0.5) is 0 Å². The molecule has 0 saturated heterocycles. The molecule has 16 heavy (non-hydrogen) atoms. The highest BCUT2D eigenvalue weighted by Gasteiger charge is 2.19. The van der Waals surface area contributed by atoms with E-state index in [9.17, 15) is 0 Å². The van der Waals surface area contributed by atoms with Crippen LogP contribution in [0.15, 0.2) is 4.42 Å². The lowest BCUT2D eigenvalue weighted by molar-refractivity contribution is 0.477. The van der Waals surface area contributed by atoms with Crippen molar-refractivity contribution in [1.82, 2.24) is 5.43 Å². The van der Waals surface area contributed by atoms with Gasteiger partial charge in [0.1, 0.15) is 11.5 Å². The largest absolute Gasteiger partial charge is 0.466 e. The van der Waals surface area contributed by atoms with Crippen LogP contribution in [0.5, 0.6) is 0 Å². The topological polar surface area (TPSA) is 51.2 Å².